The predicted molar refractivity (Wildman–Crippen MR) is 250 cm³/mol. The third-order valence-electron chi connectivity index (χ3n) is 13.1. The molecule has 14 aromatic rings. The van der Waals surface area contributed by atoms with E-state index < -0.39 is 0 Å². The molecule has 0 unspecified atom stereocenters. The van der Waals surface area contributed by atoms with E-state index in [4.69, 9.17) is 4.42 Å². The lowest BCUT2D eigenvalue weighted by Gasteiger charge is -2.13. The number of hydrogen-bond acceptors (Lipinski definition) is 1. The van der Waals surface area contributed by atoms with Crippen molar-refractivity contribution in [3.05, 3.63) is 194 Å². The molecule has 0 fully saturated rings. The summed E-state index contributed by atoms with van der Waals surface area (Å²) < 4.78 is 12.1. The van der Waals surface area contributed by atoms with Crippen molar-refractivity contribution < 1.29 is 4.42 Å². The zero-order chi connectivity index (χ0) is 38.3. The van der Waals surface area contributed by atoms with Crippen molar-refractivity contribution in [2.24, 2.45) is 0 Å². The Balaban J connectivity index is 1.05. The molecule has 3 heterocycles. The second-order valence-corrected chi connectivity index (χ2v) is 16.0. The van der Waals surface area contributed by atoms with Crippen molar-refractivity contribution in [3.8, 4) is 11.4 Å². The van der Waals surface area contributed by atoms with Crippen LogP contribution in [0.2, 0.25) is 0 Å². The van der Waals surface area contributed by atoms with Crippen LogP contribution in [0.5, 0.6) is 0 Å². The topological polar surface area (TPSA) is 23.0 Å². The monoisotopic (exact) mass is 748 g/mol. The molecule has 14 rings (SSSR count). The summed E-state index contributed by atoms with van der Waals surface area (Å²) in [6.07, 6.45) is 0. The highest BCUT2D eigenvalue weighted by Crippen LogP contribution is 2.46. The van der Waals surface area contributed by atoms with Crippen LogP contribution in [0, 0.1) is 0 Å². The molecule has 0 aliphatic heterocycles. The second-order valence-electron chi connectivity index (χ2n) is 16.0. The molecule has 0 spiro atoms. The van der Waals surface area contributed by atoms with E-state index in [0.29, 0.717) is 0 Å². The number of nitrogens with zero attached hydrogens (tertiary/aromatic N) is 2. The standard InChI is InChI=1S/C56H32N2O/c1-2-12-37-33(11-1)21-22-34-23-24-35(31-47(34)37)57-49-19-9-7-17-45(49)53-51(57)29-27-43-44-28-30-52-54(56(44)59-55(43)53)46-18-8-10-20-50(46)58(52)36-25-26-42-40-15-4-3-13-38(40)39-14-5-6-16-41(39)48(42)32-36/h1-32H. The fourth-order valence-corrected chi connectivity index (χ4v) is 10.5. The quantitative estimate of drug-likeness (QED) is 0.161. The molecule has 3 heteroatoms. The first-order valence-electron chi connectivity index (χ1n) is 20.3. The molecule has 0 radical (unpaired) electrons. The van der Waals surface area contributed by atoms with E-state index in [1.54, 1.807) is 0 Å². The zero-order valence-corrected chi connectivity index (χ0v) is 31.8. The average Bonchev–Trinajstić information content (AvgIpc) is 3.96. The molecule has 3 nitrogen and oxygen atoms in total. The molecule has 0 saturated carbocycles. The van der Waals surface area contributed by atoms with Gasteiger partial charge in [-0.05, 0) is 115 Å². The van der Waals surface area contributed by atoms with Crippen LogP contribution in [0.1, 0.15) is 0 Å². The SMILES string of the molecule is c1ccc2c(c1)ccc1ccc(-n3c4ccccc4c4c5oc6c(ccc7c6c6ccccc6n7-c6ccc7c8ccccc8c8ccccc8c7c6)c5ccc43)cc12. The largest absolute Gasteiger partial charge is 0.455 e. The van der Waals surface area contributed by atoms with E-state index >= 15 is 0 Å². The van der Waals surface area contributed by atoms with Crippen molar-refractivity contribution in [1.29, 1.82) is 0 Å². The molecule has 0 aliphatic rings. The normalized spacial score (nSPS) is 12.4. The van der Waals surface area contributed by atoms with E-state index in [2.05, 4.69) is 203 Å². The van der Waals surface area contributed by atoms with Crippen molar-refractivity contribution in [2.75, 3.05) is 0 Å². The summed E-state index contributed by atoms with van der Waals surface area (Å²) in [6, 6.07) is 71.2. The zero-order valence-electron chi connectivity index (χ0n) is 31.8. The Kier molecular flexibility index (Phi) is 6.02. The molecule has 11 aromatic carbocycles. The predicted octanol–water partition coefficient (Wildman–Crippen LogP) is 15.5. The van der Waals surface area contributed by atoms with Gasteiger partial charge in [0, 0.05) is 32.9 Å². The lowest BCUT2D eigenvalue weighted by molar-refractivity contribution is 0.677. The van der Waals surface area contributed by atoms with Gasteiger partial charge in [-0.1, -0.05) is 133 Å². The van der Waals surface area contributed by atoms with E-state index in [1.165, 1.54) is 64.6 Å². The van der Waals surface area contributed by atoms with Crippen LogP contribution in [0.4, 0.5) is 0 Å². The van der Waals surface area contributed by atoms with Gasteiger partial charge in [-0.3, -0.25) is 0 Å². The fourth-order valence-electron chi connectivity index (χ4n) is 10.5. The molecule has 0 N–H and O–H groups in total. The highest BCUT2D eigenvalue weighted by atomic mass is 16.3. The van der Waals surface area contributed by atoms with Crippen LogP contribution in [0.3, 0.4) is 0 Å². The first-order chi connectivity index (χ1) is 29.3. The number of fused-ring (bicyclic) bond motifs is 20. The summed E-state index contributed by atoms with van der Waals surface area (Å²) in [5.74, 6) is 0. The molecule has 3 aromatic heterocycles. The Hall–Kier alpha value is -7.88. The summed E-state index contributed by atoms with van der Waals surface area (Å²) >= 11 is 0. The molecule has 272 valence electrons. The van der Waals surface area contributed by atoms with Gasteiger partial charge in [-0.2, -0.15) is 0 Å². The highest BCUT2D eigenvalue weighted by Gasteiger charge is 2.23. The fraction of sp³-hybridized carbons (Fsp3) is 0. The number of hydrogen-bond donors (Lipinski definition) is 0. The third-order valence-corrected chi connectivity index (χ3v) is 13.1. The van der Waals surface area contributed by atoms with Gasteiger partial charge in [-0.25, -0.2) is 0 Å². The molecular weight excluding hydrogens is 717 g/mol. The van der Waals surface area contributed by atoms with Crippen LogP contribution >= 0.6 is 0 Å². The van der Waals surface area contributed by atoms with Gasteiger partial charge in [0.25, 0.3) is 0 Å². The van der Waals surface area contributed by atoms with Gasteiger partial charge in [0.2, 0.25) is 0 Å². The molecule has 59 heavy (non-hydrogen) atoms. The smallest absolute Gasteiger partial charge is 0.145 e. The van der Waals surface area contributed by atoms with E-state index in [0.717, 1.165) is 66.2 Å². The van der Waals surface area contributed by atoms with Gasteiger partial charge < -0.3 is 13.6 Å². The Bertz CT molecular complexity index is 4110. The minimum absolute atomic E-state index is 0.922. The molecular formula is C56H32N2O. The van der Waals surface area contributed by atoms with Crippen LogP contribution in [0.25, 0.3) is 131 Å². The first kappa shape index (κ1) is 31.2. The number of para-hydroxylation sites is 2. The second kappa shape index (κ2) is 11.4. The molecule has 0 aliphatic carbocycles. The number of aromatic nitrogens is 2. The Morgan fingerprint density at radius 2 is 0.644 bits per heavy atom. The molecule has 0 bridgehead atoms. The van der Waals surface area contributed by atoms with E-state index in [-0.39, 0.29) is 0 Å². The Labute approximate surface area is 337 Å². The first-order valence-corrected chi connectivity index (χ1v) is 20.3. The Morgan fingerprint density at radius 1 is 0.254 bits per heavy atom. The maximum Gasteiger partial charge on any atom is 0.145 e. The summed E-state index contributed by atoms with van der Waals surface area (Å²) in [5, 5.41) is 19.5. The highest BCUT2D eigenvalue weighted by molar-refractivity contribution is 6.30. The molecule has 0 saturated heterocycles. The third kappa shape index (κ3) is 4.11. The van der Waals surface area contributed by atoms with Crippen LogP contribution < -0.4 is 0 Å². The van der Waals surface area contributed by atoms with Crippen molar-refractivity contribution in [2.45, 2.75) is 0 Å². The van der Waals surface area contributed by atoms with E-state index in [1.807, 2.05) is 0 Å². The summed E-state index contributed by atoms with van der Waals surface area (Å²) in [6.45, 7) is 0. The summed E-state index contributed by atoms with van der Waals surface area (Å²) in [5.41, 5.74) is 8.69. The Morgan fingerprint density at radius 3 is 1.22 bits per heavy atom. The number of benzene rings is 11. The maximum absolute atomic E-state index is 7.27. The maximum atomic E-state index is 7.27. The van der Waals surface area contributed by atoms with Crippen molar-refractivity contribution in [3.63, 3.8) is 0 Å². The van der Waals surface area contributed by atoms with Gasteiger partial charge >= 0.3 is 0 Å². The van der Waals surface area contributed by atoms with Crippen LogP contribution in [-0.4, -0.2) is 9.13 Å². The average molecular weight is 749 g/mol. The lowest BCUT2D eigenvalue weighted by atomic mass is 9.94. The lowest BCUT2D eigenvalue weighted by Crippen LogP contribution is -1.94. The van der Waals surface area contributed by atoms with Gasteiger partial charge in [-0.15, -0.1) is 0 Å². The van der Waals surface area contributed by atoms with Gasteiger partial charge in [0.05, 0.1) is 32.8 Å². The number of rotatable bonds is 2. The summed E-state index contributed by atoms with van der Waals surface area (Å²) in [4.78, 5) is 0. The van der Waals surface area contributed by atoms with Gasteiger partial charge in [0.15, 0.2) is 0 Å². The van der Waals surface area contributed by atoms with Gasteiger partial charge in [0.1, 0.15) is 11.2 Å². The van der Waals surface area contributed by atoms with E-state index in [9.17, 15) is 0 Å². The molecule has 0 atom stereocenters. The van der Waals surface area contributed by atoms with Crippen molar-refractivity contribution in [1.82, 2.24) is 9.13 Å². The van der Waals surface area contributed by atoms with Crippen molar-refractivity contribution >= 4 is 119 Å². The minimum atomic E-state index is 0.922. The minimum Gasteiger partial charge on any atom is -0.455 e. The van der Waals surface area contributed by atoms with Crippen LogP contribution in [-0.2, 0) is 0 Å². The molecule has 0 amide bonds. The number of furan rings is 1. The summed E-state index contributed by atoms with van der Waals surface area (Å²) in [7, 11) is 0. The van der Waals surface area contributed by atoms with Crippen LogP contribution in [0.15, 0.2) is 199 Å².